The van der Waals surface area contributed by atoms with Crippen molar-refractivity contribution in [1.29, 1.82) is 0 Å². The van der Waals surface area contributed by atoms with Gasteiger partial charge in [0.15, 0.2) is 9.84 Å². The van der Waals surface area contributed by atoms with Crippen molar-refractivity contribution in [2.24, 2.45) is 5.41 Å². The van der Waals surface area contributed by atoms with E-state index in [0.717, 1.165) is 28.9 Å². The Morgan fingerprint density at radius 2 is 1.90 bits per heavy atom. The highest BCUT2D eigenvalue weighted by Crippen LogP contribution is 2.45. The van der Waals surface area contributed by atoms with Crippen molar-refractivity contribution >= 4 is 27.2 Å². The maximum atomic E-state index is 11.9. The van der Waals surface area contributed by atoms with Crippen molar-refractivity contribution < 1.29 is 18.3 Å². The molecule has 0 bridgehead atoms. The van der Waals surface area contributed by atoms with Gasteiger partial charge in [-0.3, -0.25) is 0 Å². The molecule has 0 radical (unpaired) electrons. The van der Waals surface area contributed by atoms with E-state index in [4.69, 9.17) is 0 Å². The molecule has 1 heterocycles. The number of hydrogen-bond acceptors (Lipinski definition) is 5. The Bertz CT molecular complexity index is 1060. The van der Waals surface area contributed by atoms with Crippen molar-refractivity contribution in [3.05, 3.63) is 53.6 Å². The lowest BCUT2D eigenvalue weighted by atomic mass is 9.73. The Morgan fingerprint density at radius 1 is 1.21 bits per heavy atom. The third kappa shape index (κ3) is 4.40. The van der Waals surface area contributed by atoms with Gasteiger partial charge in [0.1, 0.15) is 5.54 Å². The van der Waals surface area contributed by atoms with Crippen LogP contribution in [0.4, 0.5) is 11.4 Å². The second kappa shape index (κ2) is 7.06. The van der Waals surface area contributed by atoms with Crippen LogP contribution >= 0.6 is 0 Å². The predicted octanol–water partition coefficient (Wildman–Crippen LogP) is 4.10. The first-order valence-electron chi connectivity index (χ1n) is 9.51. The molecule has 7 heteroatoms. The number of fused-ring (bicyclic) bond motifs is 1. The summed E-state index contributed by atoms with van der Waals surface area (Å²) in [5, 5.41) is 16.0. The highest BCUT2D eigenvalue weighted by Gasteiger charge is 2.36. The van der Waals surface area contributed by atoms with Gasteiger partial charge in [0.05, 0.1) is 10.9 Å². The van der Waals surface area contributed by atoms with Crippen LogP contribution in [0.15, 0.2) is 47.4 Å². The van der Waals surface area contributed by atoms with Crippen LogP contribution in [0.1, 0.15) is 44.9 Å². The molecule has 0 aromatic heterocycles. The SMILES string of the molecule is CC(C)(Nc1cccc(C2Nc3ccc(S(C)(=O)=O)cc3CC2(C)C)c1)C(=O)O. The molecule has 0 saturated carbocycles. The summed E-state index contributed by atoms with van der Waals surface area (Å²) < 4.78 is 23.8. The predicted molar refractivity (Wildman–Crippen MR) is 115 cm³/mol. The molecule has 0 saturated heterocycles. The monoisotopic (exact) mass is 416 g/mol. The Kier molecular flexibility index (Phi) is 5.15. The molecular formula is C22H28N2O4S. The number of carboxylic acids is 1. The molecule has 1 atom stereocenters. The maximum Gasteiger partial charge on any atom is 0.328 e. The van der Waals surface area contributed by atoms with Crippen LogP contribution < -0.4 is 10.6 Å². The Balaban J connectivity index is 1.94. The summed E-state index contributed by atoms with van der Waals surface area (Å²) in [5.41, 5.74) is 2.43. The molecular weight excluding hydrogens is 388 g/mol. The number of sulfone groups is 1. The zero-order valence-corrected chi connectivity index (χ0v) is 18.2. The molecule has 3 rings (SSSR count). The first kappa shape index (κ1) is 21.2. The van der Waals surface area contributed by atoms with Crippen LogP contribution in [0, 0.1) is 5.41 Å². The van der Waals surface area contributed by atoms with E-state index < -0.39 is 21.3 Å². The van der Waals surface area contributed by atoms with Gasteiger partial charge in [-0.05, 0) is 67.1 Å². The Labute approximate surface area is 172 Å². The van der Waals surface area contributed by atoms with Gasteiger partial charge in [0, 0.05) is 17.6 Å². The largest absolute Gasteiger partial charge is 0.480 e. The zero-order valence-electron chi connectivity index (χ0n) is 17.4. The smallest absolute Gasteiger partial charge is 0.328 e. The van der Waals surface area contributed by atoms with Gasteiger partial charge in [-0.2, -0.15) is 0 Å². The molecule has 1 aliphatic heterocycles. The average Bonchev–Trinajstić information content (AvgIpc) is 2.58. The van der Waals surface area contributed by atoms with E-state index in [-0.39, 0.29) is 11.5 Å². The van der Waals surface area contributed by atoms with Gasteiger partial charge in [0.2, 0.25) is 0 Å². The van der Waals surface area contributed by atoms with Crippen LogP contribution in [0.2, 0.25) is 0 Å². The summed E-state index contributed by atoms with van der Waals surface area (Å²) in [6.07, 6.45) is 1.94. The molecule has 0 spiro atoms. The van der Waals surface area contributed by atoms with Gasteiger partial charge < -0.3 is 15.7 Å². The van der Waals surface area contributed by atoms with Crippen molar-refractivity contribution in [2.75, 3.05) is 16.9 Å². The summed E-state index contributed by atoms with van der Waals surface area (Å²) in [7, 11) is -3.25. The zero-order chi connectivity index (χ0) is 21.6. The Morgan fingerprint density at radius 3 is 2.52 bits per heavy atom. The van der Waals surface area contributed by atoms with Crippen LogP contribution in [-0.2, 0) is 21.1 Å². The number of benzene rings is 2. The van der Waals surface area contributed by atoms with E-state index >= 15 is 0 Å². The highest BCUT2D eigenvalue weighted by molar-refractivity contribution is 7.90. The summed E-state index contributed by atoms with van der Waals surface area (Å²) in [4.78, 5) is 11.8. The van der Waals surface area contributed by atoms with E-state index in [0.29, 0.717) is 4.90 Å². The molecule has 0 aliphatic carbocycles. The van der Waals surface area contributed by atoms with Crippen molar-refractivity contribution in [2.45, 2.75) is 50.6 Å². The highest BCUT2D eigenvalue weighted by atomic mass is 32.2. The first-order valence-corrected chi connectivity index (χ1v) is 11.4. The summed E-state index contributed by atoms with van der Waals surface area (Å²) in [6, 6.07) is 13.0. The normalized spacial score (nSPS) is 18.4. The minimum atomic E-state index is -3.25. The lowest BCUT2D eigenvalue weighted by Gasteiger charge is -2.41. The van der Waals surface area contributed by atoms with E-state index in [9.17, 15) is 18.3 Å². The molecule has 156 valence electrons. The lowest BCUT2D eigenvalue weighted by Crippen LogP contribution is -2.40. The molecule has 29 heavy (non-hydrogen) atoms. The standard InChI is InChI=1S/C22H28N2O4S/c1-21(2)13-15-12-17(29(5,27)28)9-10-18(15)23-19(21)14-7-6-8-16(11-14)24-22(3,4)20(25)26/h6-12,19,23-24H,13H2,1-5H3,(H,25,26). The van der Waals surface area contributed by atoms with Gasteiger partial charge in [-0.1, -0.05) is 26.0 Å². The van der Waals surface area contributed by atoms with Gasteiger partial charge in [0.25, 0.3) is 0 Å². The van der Waals surface area contributed by atoms with Gasteiger partial charge in [-0.25, -0.2) is 13.2 Å². The van der Waals surface area contributed by atoms with Crippen LogP contribution in [0.3, 0.4) is 0 Å². The van der Waals surface area contributed by atoms with Crippen LogP contribution in [0.5, 0.6) is 0 Å². The number of nitrogens with one attached hydrogen (secondary N) is 2. The molecule has 2 aromatic carbocycles. The topological polar surface area (TPSA) is 95.5 Å². The van der Waals surface area contributed by atoms with E-state index in [2.05, 4.69) is 24.5 Å². The van der Waals surface area contributed by atoms with Gasteiger partial charge >= 0.3 is 5.97 Å². The summed E-state index contributed by atoms with van der Waals surface area (Å²) in [6.45, 7) is 7.53. The van der Waals surface area contributed by atoms with Crippen molar-refractivity contribution in [3.63, 3.8) is 0 Å². The molecule has 1 aliphatic rings. The fourth-order valence-electron chi connectivity index (χ4n) is 3.78. The number of carboxylic acid groups (broad SMARTS) is 1. The number of hydrogen-bond donors (Lipinski definition) is 3. The quantitative estimate of drug-likeness (QED) is 0.679. The summed E-state index contributed by atoms with van der Waals surface area (Å²) >= 11 is 0. The van der Waals surface area contributed by atoms with E-state index in [1.807, 2.05) is 30.3 Å². The van der Waals surface area contributed by atoms with Crippen molar-refractivity contribution in [3.8, 4) is 0 Å². The molecule has 0 fully saturated rings. The fraction of sp³-hybridized carbons (Fsp3) is 0.409. The third-order valence-corrected chi connectivity index (χ3v) is 6.55. The van der Waals surface area contributed by atoms with Crippen LogP contribution in [-0.4, -0.2) is 31.3 Å². The van der Waals surface area contributed by atoms with E-state index in [1.54, 1.807) is 26.0 Å². The maximum absolute atomic E-state index is 11.9. The third-order valence-electron chi connectivity index (χ3n) is 5.44. The lowest BCUT2D eigenvalue weighted by molar-refractivity contribution is -0.141. The molecule has 1 unspecified atom stereocenters. The fourth-order valence-corrected chi connectivity index (χ4v) is 4.45. The summed E-state index contributed by atoms with van der Waals surface area (Å²) in [5.74, 6) is -0.922. The minimum Gasteiger partial charge on any atom is -0.480 e. The Hall–Kier alpha value is -2.54. The molecule has 6 nitrogen and oxygen atoms in total. The molecule has 3 N–H and O–H groups in total. The van der Waals surface area contributed by atoms with Crippen molar-refractivity contribution in [1.82, 2.24) is 0 Å². The number of rotatable bonds is 5. The minimum absolute atomic E-state index is 0.00576. The number of carbonyl (C=O) groups is 1. The second-order valence-electron chi connectivity index (χ2n) is 9.01. The van der Waals surface area contributed by atoms with Crippen LogP contribution in [0.25, 0.3) is 0 Å². The first-order chi connectivity index (χ1) is 13.3. The average molecular weight is 417 g/mol. The number of anilines is 2. The number of aliphatic carboxylic acids is 1. The molecule has 0 amide bonds. The van der Waals surface area contributed by atoms with E-state index in [1.165, 1.54) is 6.26 Å². The second-order valence-corrected chi connectivity index (χ2v) is 11.0. The van der Waals surface area contributed by atoms with Gasteiger partial charge in [-0.15, -0.1) is 0 Å². The molecule has 2 aromatic rings.